The summed E-state index contributed by atoms with van der Waals surface area (Å²) in [5.74, 6) is -2.38. The van der Waals surface area contributed by atoms with Crippen molar-refractivity contribution < 1.29 is 31.1 Å². The third kappa shape index (κ3) is 6.44. The largest absolute Gasteiger partial charge is 0.443 e. The SMILES string of the molecule is CC(Nc1cc(F)c(N(C(=O)OC(C)(C)C)C2=C[S@](=S(=O)=O)C=N2)cc1Cl)c1cc(F)ccc1F. The minimum absolute atomic E-state index is 0.00373. The quantitative estimate of drug-likeness (QED) is 0.501. The van der Waals surface area contributed by atoms with E-state index in [-0.39, 0.29) is 27.8 Å². The van der Waals surface area contributed by atoms with Crippen molar-refractivity contribution in [2.24, 2.45) is 4.99 Å². The Morgan fingerprint density at radius 1 is 1.17 bits per heavy atom. The van der Waals surface area contributed by atoms with Gasteiger partial charge in [-0.1, -0.05) is 11.6 Å². The zero-order chi connectivity index (χ0) is 26.1. The lowest BCUT2D eigenvalue weighted by atomic mass is 10.1. The van der Waals surface area contributed by atoms with Gasteiger partial charge in [-0.2, -0.15) is 8.42 Å². The van der Waals surface area contributed by atoms with Gasteiger partial charge in [-0.05, 0) is 52.0 Å². The minimum Gasteiger partial charge on any atom is -0.443 e. The highest BCUT2D eigenvalue weighted by Gasteiger charge is 2.31. The number of carbonyl (C=O) groups excluding carboxylic acids is 1. The second kappa shape index (κ2) is 10.4. The third-order valence-corrected chi connectivity index (χ3v) is 7.42. The van der Waals surface area contributed by atoms with Gasteiger partial charge < -0.3 is 10.1 Å². The molecule has 0 radical (unpaired) electrons. The molecule has 1 aliphatic rings. The summed E-state index contributed by atoms with van der Waals surface area (Å²) >= 11 is 6.34. The van der Waals surface area contributed by atoms with Crippen LogP contribution >= 0.6 is 11.6 Å². The van der Waals surface area contributed by atoms with Crippen LogP contribution in [0.15, 0.2) is 46.6 Å². The van der Waals surface area contributed by atoms with Crippen molar-refractivity contribution >= 4 is 53.3 Å². The van der Waals surface area contributed by atoms with Crippen LogP contribution in [0.25, 0.3) is 0 Å². The molecule has 13 heteroatoms. The van der Waals surface area contributed by atoms with E-state index in [1.165, 1.54) is 12.3 Å². The van der Waals surface area contributed by atoms with Gasteiger partial charge in [0.1, 0.15) is 23.1 Å². The Bertz CT molecular complexity index is 1380. The number of ether oxygens (including phenoxy) is 1. The van der Waals surface area contributed by atoms with E-state index in [0.29, 0.717) is 0 Å². The third-order valence-electron chi connectivity index (χ3n) is 4.55. The fourth-order valence-corrected chi connectivity index (χ4v) is 4.90. The molecule has 0 aliphatic carbocycles. The van der Waals surface area contributed by atoms with Crippen LogP contribution in [0.1, 0.15) is 39.3 Å². The van der Waals surface area contributed by atoms with E-state index in [0.717, 1.165) is 40.8 Å². The minimum atomic E-state index is -2.52. The van der Waals surface area contributed by atoms with Crippen LogP contribution in [0.3, 0.4) is 0 Å². The van der Waals surface area contributed by atoms with Gasteiger partial charge in [-0.15, -0.1) is 0 Å². The number of benzene rings is 2. The fourth-order valence-electron chi connectivity index (χ4n) is 3.05. The molecule has 0 bridgehead atoms. The molecule has 1 aliphatic heterocycles. The second-order valence-corrected chi connectivity index (χ2v) is 12.3. The van der Waals surface area contributed by atoms with Crippen molar-refractivity contribution in [2.75, 3.05) is 10.2 Å². The molecule has 0 aromatic heterocycles. The Labute approximate surface area is 208 Å². The number of halogens is 4. The molecule has 2 atom stereocenters. The van der Waals surface area contributed by atoms with Crippen LogP contribution in [0, 0.1) is 17.5 Å². The molecular weight excluding hydrogens is 527 g/mol. The molecule has 0 fully saturated rings. The Hall–Kier alpha value is -2.83. The summed E-state index contributed by atoms with van der Waals surface area (Å²) in [6, 6.07) is 4.29. The summed E-state index contributed by atoms with van der Waals surface area (Å²) in [6.07, 6.45) is -1.01. The zero-order valence-corrected chi connectivity index (χ0v) is 21.4. The first-order valence-electron chi connectivity index (χ1n) is 10.1. The van der Waals surface area contributed by atoms with Crippen molar-refractivity contribution in [1.29, 1.82) is 0 Å². The van der Waals surface area contributed by atoms with E-state index in [1.54, 1.807) is 20.8 Å². The normalized spacial score (nSPS) is 16.0. The molecule has 1 heterocycles. The van der Waals surface area contributed by atoms with Gasteiger partial charge >= 0.3 is 6.09 Å². The van der Waals surface area contributed by atoms with Crippen molar-refractivity contribution in [3.05, 3.63) is 69.6 Å². The highest BCUT2D eigenvalue weighted by atomic mass is 35.5. The van der Waals surface area contributed by atoms with E-state index < -0.39 is 53.9 Å². The first kappa shape index (κ1) is 26.8. The fraction of sp³-hybridized carbons (Fsp3) is 0.273. The van der Waals surface area contributed by atoms with E-state index in [4.69, 9.17) is 16.3 Å². The molecule has 0 saturated heterocycles. The standard InChI is InChI=1S/C22H21ClF3N3O4S2/c1-12(14-7-13(24)5-6-16(14)25)28-18-9-17(26)19(8-15(18)23)29(21(30)33-22(2,3)4)20-10-34(11-27-20)35(31)32/h5-12,28H,1-4H3/t12?,34-/m0/s1. The van der Waals surface area contributed by atoms with E-state index in [9.17, 15) is 22.0 Å². The summed E-state index contributed by atoms with van der Waals surface area (Å²) in [5.41, 5.74) is -0.125. The summed E-state index contributed by atoms with van der Waals surface area (Å²) < 4.78 is 71.0. The number of hydrogen-bond donors (Lipinski definition) is 1. The maximum Gasteiger partial charge on any atom is 0.420 e. The van der Waals surface area contributed by atoms with E-state index >= 15 is 4.39 Å². The van der Waals surface area contributed by atoms with Crippen LogP contribution in [0.4, 0.5) is 29.3 Å². The second-order valence-electron chi connectivity index (χ2n) is 8.37. The molecule has 7 nitrogen and oxygen atoms in total. The Kier molecular flexibility index (Phi) is 7.97. The molecule has 2 aromatic rings. The number of aliphatic imine (C=N–C) groups is 1. The molecule has 3 rings (SSSR count). The van der Waals surface area contributed by atoms with Crippen LogP contribution in [-0.4, -0.2) is 25.7 Å². The van der Waals surface area contributed by atoms with Crippen LogP contribution in [0.5, 0.6) is 0 Å². The van der Waals surface area contributed by atoms with Gasteiger partial charge in [-0.3, -0.25) is 0 Å². The smallest absolute Gasteiger partial charge is 0.420 e. The van der Waals surface area contributed by atoms with Crippen molar-refractivity contribution in [2.45, 2.75) is 39.3 Å². The summed E-state index contributed by atoms with van der Waals surface area (Å²) in [6.45, 7) is 6.36. The van der Waals surface area contributed by atoms with E-state index in [1.807, 2.05) is 0 Å². The molecule has 188 valence electrons. The first-order chi connectivity index (χ1) is 16.3. The zero-order valence-electron chi connectivity index (χ0n) is 19.0. The van der Waals surface area contributed by atoms with Crippen molar-refractivity contribution in [3.8, 4) is 0 Å². The van der Waals surface area contributed by atoms with Gasteiger partial charge in [0, 0.05) is 26.5 Å². The summed E-state index contributed by atoms with van der Waals surface area (Å²) in [7, 11) is -3.94. The number of hydrogen-bond acceptors (Lipinski definition) is 6. The average molecular weight is 548 g/mol. The molecule has 0 spiro atoms. The van der Waals surface area contributed by atoms with Gasteiger partial charge in [0.25, 0.3) is 0 Å². The lowest BCUT2D eigenvalue weighted by Gasteiger charge is -2.27. The summed E-state index contributed by atoms with van der Waals surface area (Å²) in [5, 5.41) is 3.96. The number of nitrogens with zero attached hydrogens (tertiary/aromatic N) is 2. The number of amides is 1. The van der Waals surface area contributed by atoms with Crippen molar-refractivity contribution in [3.63, 3.8) is 0 Å². The number of nitrogens with one attached hydrogen (secondary N) is 1. The van der Waals surface area contributed by atoms with Gasteiger partial charge in [0.05, 0.1) is 28.0 Å². The van der Waals surface area contributed by atoms with Gasteiger partial charge in [0.15, 0.2) is 5.82 Å². The molecule has 2 aromatic carbocycles. The van der Waals surface area contributed by atoms with Crippen LogP contribution in [-0.2, 0) is 23.5 Å². The first-order valence-corrected chi connectivity index (χ1v) is 13.4. The number of carbonyl (C=O) groups is 1. The topological polar surface area (TPSA) is 88.1 Å². The Morgan fingerprint density at radius 2 is 1.86 bits per heavy atom. The molecule has 0 saturated carbocycles. The van der Waals surface area contributed by atoms with Crippen molar-refractivity contribution in [1.82, 2.24) is 0 Å². The Morgan fingerprint density at radius 3 is 2.46 bits per heavy atom. The van der Waals surface area contributed by atoms with Crippen LogP contribution in [0.2, 0.25) is 5.02 Å². The summed E-state index contributed by atoms with van der Waals surface area (Å²) in [4.78, 5) is 17.7. The lowest BCUT2D eigenvalue weighted by Crippen LogP contribution is -2.36. The molecule has 1 unspecified atom stereocenters. The average Bonchev–Trinajstić information content (AvgIpc) is 3.22. The predicted octanol–water partition coefficient (Wildman–Crippen LogP) is 5.93. The lowest BCUT2D eigenvalue weighted by molar-refractivity contribution is 0.0591. The van der Waals surface area contributed by atoms with Gasteiger partial charge in [-0.25, -0.2) is 27.9 Å². The molecular formula is C22H21ClF3N3O4S2. The maximum atomic E-state index is 15.3. The highest BCUT2D eigenvalue weighted by Crippen LogP contribution is 2.36. The van der Waals surface area contributed by atoms with Crippen LogP contribution < -0.4 is 10.2 Å². The van der Waals surface area contributed by atoms with Gasteiger partial charge in [0.2, 0.25) is 9.26 Å². The predicted molar refractivity (Wildman–Crippen MR) is 131 cm³/mol. The number of anilines is 2. The molecule has 1 N–H and O–H groups in total. The van der Waals surface area contributed by atoms with E-state index in [2.05, 4.69) is 10.3 Å². The number of rotatable bonds is 5. The monoisotopic (exact) mass is 547 g/mol. The molecule has 1 amide bonds. The maximum absolute atomic E-state index is 15.3. The molecule has 35 heavy (non-hydrogen) atoms. The Balaban J connectivity index is 2.02. The highest BCUT2D eigenvalue weighted by molar-refractivity contribution is 8.42.